The Labute approximate surface area is 211 Å². The van der Waals surface area contributed by atoms with Gasteiger partial charge in [-0.3, -0.25) is 9.69 Å². The molecule has 190 valence electrons. The number of para-hydroxylation sites is 1. The highest BCUT2D eigenvalue weighted by Crippen LogP contribution is 2.34. The maximum atomic E-state index is 13.7. The Bertz CT molecular complexity index is 1180. The molecule has 1 aliphatic rings. The van der Waals surface area contributed by atoms with E-state index in [0.29, 0.717) is 36.8 Å². The molecule has 4 rings (SSSR count). The van der Waals surface area contributed by atoms with Crippen LogP contribution in [0.15, 0.2) is 55.2 Å². The van der Waals surface area contributed by atoms with Crippen LogP contribution in [0.4, 0.5) is 0 Å². The molecule has 2 aromatic heterocycles. The van der Waals surface area contributed by atoms with Gasteiger partial charge in [0.1, 0.15) is 23.7 Å². The third kappa shape index (κ3) is 5.63. The Balaban J connectivity index is 1.68. The standard InChI is InChI=1S/C27H33N5O4/c1-18-13-32(19(2)16-33)27(34)23-9-21(22-7-5-6-8-24(22)35-4)12-30-26(23)36-25(18)15-31(3)14-20-10-28-17-29-11-20/h5-12,17-19,25,33H,13-16H2,1-4H3/t18-,19+,25-/m0/s1. The van der Waals surface area contributed by atoms with Crippen LogP contribution in [0.1, 0.15) is 29.8 Å². The summed E-state index contributed by atoms with van der Waals surface area (Å²) in [5.41, 5.74) is 2.96. The zero-order chi connectivity index (χ0) is 25.7. The number of nitrogens with zero attached hydrogens (tertiary/aromatic N) is 5. The predicted molar refractivity (Wildman–Crippen MR) is 136 cm³/mol. The zero-order valence-corrected chi connectivity index (χ0v) is 21.2. The van der Waals surface area contributed by atoms with Gasteiger partial charge < -0.3 is 19.5 Å². The summed E-state index contributed by atoms with van der Waals surface area (Å²) in [4.78, 5) is 30.3. The molecule has 1 aromatic carbocycles. The Morgan fingerprint density at radius 2 is 1.97 bits per heavy atom. The number of amides is 1. The summed E-state index contributed by atoms with van der Waals surface area (Å²) in [6.45, 7) is 5.50. The van der Waals surface area contributed by atoms with E-state index in [-0.39, 0.29) is 30.6 Å². The van der Waals surface area contributed by atoms with E-state index in [1.807, 2.05) is 38.2 Å². The lowest BCUT2D eigenvalue weighted by molar-refractivity contribution is 0.0325. The van der Waals surface area contributed by atoms with E-state index in [1.165, 1.54) is 6.33 Å². The maximum Gasteiger partial charge on any atom is 0.259 e. The Hall–Kier alpha value is -3.56. The molecule has 0 bridgehead atoms. The lowest BCUT2D eigenvalue weighted by Crippen LogP contribution is -2.49. The lowest BCUT2D eigenvalue weighted by Gasteiger charge is -2.37. The van der Waals surface area contributed by atoms with Crippen LogP contribution in [0.5, 0.6) is 11.6 Å². The number of fused-ring (bicyclic) bond motifs is 1. The molecule has 0 spiro atoms. The number of aliphatic hydroxyl groups excluding tert-OH is 1. The fourth-order valence-electron chi connectivity index (χ4n) is 4.45. The van der Waals surface area contributed by atoms with Gasteiger partial charge in [-0.2, -0.15) is 0 Å². The second kappa shape index (κ2) is 11.5. The van der Waals surface area contributed by atoms with Gasteiger partial charge in [0.25, 0.3) is 5.91 Å². The summed E-state index contributed by atoms with van der Waals surface area (Å²) in [7, 11) is 3.63. The van der Waals surface area contributed by atoms with Gasteiger partial charge in [0.2, 0.25) is 5.88 Å². The number of pyridine rings is 1. The molecule has 3 atom stereocenters. The molecule has 1 amide bonds. The molecule has 1 N–H and O–H groups in total. The normalized spacial score (nSPS) is 18.7. The molecule has 0 fully saturated rings. The Kier molecular flexibility index (Phi) is 8.12. The van der Waals surface area contributed by atoms with Crippen molar-refractivity contribution in [2.24, 2.45) is 5.92 Å². The number of benzene rings is 1. The average Bonchev–Trinajstić information content (AvgIpc) is 2.90. The van der Waals surface area contributed by atoms with Crippen molar-refractivity contribution in [3.05, 3.63) is 66.4 Å². The first-order valence-corrected chi connectivity index (χ1v) is 12.1. The van der Waals surface area contributed by atoms with Crippen LogP contribution >= 0.6 is 0 Å². The lowest BCUT2D eigenvalue weighted by atomic mass is 9.99. The monoisotopic (exact) mass is 491 g/mol. The minimum atomic E-state index is -0.347. The number of ether oxygens (including phenoxy) is 2. The topological polar surface area (TPSA) is 101 Å². The minimum Gasteiger partial charge on any atom is -0.496 e. The number of aromatic nitrogens is 3. The smallest absolute Gasteiger partial charge is 0.259 e. The molecule has 0 aliphatic carbocycles. The van der Waals surface area contributed by atoms with Gasteiger partial charge in [-0.25, -0.2) is 15.0 Å². The van der Waals surface area contributed by atoms with E-state index < -0.39 is 0 Å². The van der Waals surface area contributed by atoms with Crippen molar-refractivity contribution in [1.29, 1.82) is 0 Å². The molecule has 0 saturated heterocycles. The van der Waals surface area contributed by atoms with Gasteiger partial charge in [-0.05, 0) is 26.1 Å². The van der Waals surface area contributed by atoms with Gasteiger partial charge in [0.15, 0.2) is 0 Å². The van der Waals surface area contributed by atoms with Crippen molar-refractivity contribution < 1.29 is 19.4 Å². The molecule has 0 saturated carbocycles. The van der Waals surface area contributed by atoms with Gasteiger partial charge in [-0.15, -0.1) is 0 Å². The number of likely N-dealkylation sites (N-methyl/N-ethyl adjacent to an activating group) is 1. The highest BCUT2D eigenvalue weighted by atomic mass is 16.5. The Morgan fingerprint density at radius 3 is 2.69 bits per heavy atom. The van der Waals surface area contributed by atoms with Gasteiger partial charge >= 0.3 is 0 Å². The number of carbonyl (C=O) groups is 1. The molecule has 9 nitrogen and oxygen atoms in total. The van der Waals surface area contributed by atoms with E-state index in [1.54, 1.807) is 36.7 Å². The molecule has 3 heterocycles. The molecule has 3 aromatic rings. The number of methoxy groups -OCH3 is 1. The van der Waals surface area contributed by atoms with Crippen LogP contribution < -0.4 is 9.47 Å². The predicted octanol–water partition coefficient (Wildman–Crippen LogP) is 2.90. The van der Waals surface area contributed by atoms with Crippen LogP contribution in [0.3, 0.4) is 0 Å². The van der Waals surface area contributed by atoms with E-state index in [0.717, 1.165) is 16.7 Å². The quantitative estimate of drug-likeness (QED) is 0.513. The molecule has 1 aliphatic heterocycles. The van der Waals surface area contributed by atoms with E-state index >= 15 is 0 Å². The molecular weight excluding hydrogens is 458 g/mol. The zero-order valence-electron chi connectivity index (χ0n) is 21.2. The van der Waals surface area contributed by atoms with Crippen LogP contribution in [-0.2, 0) is 6.54 Å². The van der Waals surface area contributed by atoms with Crippen LogP contribution in [0.25, 0.3) is 11.1 Å². The Morgan fingerprint density at radius 1 is 1.22 bits per heavy atom. The highest BCUT2D eigenvalue weighted by Gasteiger charge is 2.34. The van der Waals surface area contributed by atoms with Crippen LogP contribution in [0, 0.1) is 5.92 Å². The average molecular weight is 492 g/mol. The van der Waals surface area contributed by atoms with Crippen molar-refractivity contribution in [3.63, 3.8) is 0 Å². The fourth-order valence-corrected chi connectivity index (χ4v) is 4.45. The summed E-state index contributed by atoms with van der Waals surface area (Å²) >= 11 is 0. The highest BCUT2D eigenvalue weighted by molar-refractivity contribution is 5.98. The van der Waals surface area contributed by atoms with E-state index in [2.05, 4.69) is 26.8 Å². The fraction of sp³-hybridized carbons (Fsp3) is 0.407. The molecule has 36 heavy (non-hydrogen) atoms. The summed E-state index contributed by atoms with van der Waals surface area (Å²) in [6, 6.07) is 9.07. The van der Waals surface area contributed by atoms with Crippen LogP contribution in [-0.4, -0.2) is 81.8 Å². The molecule has 0 unspecified atom stereocenters. The first kappa shape index (κ1) is 25.5. The van der Waals surface area contributed by atoms with Crippen molar-refractivity contribution in [1.82, 2.24) is 24.8 Å². The summed E-state index contributed by atoms with van der Waals surface area (Å²) in [5.74, 6) is 0.774. The van der Waals surface area contributed by atoms with E-state index in [9.17, 15) is 9.90 Å². The number of hydrogen-bond acceptors (Lipinski definition) is 8. The van der Waals surface area contributed by atoms with Gasteiger partial charge in [0.05, 0.1) is 19.8 Å². The third-order valence-electron chi connectivity index (χ3n) is 6.50. The maximum absolute atomic E-state index is 13.7. The second-order valence-corrected chi connectivity index (χ2v) is 9.34. The minimum absolute atomic E-state index is 0.00117. The van der Waals surface area contributed by atoms with Crippen molar-refractivity contribution in [2.45, 2.75) is 32.5 Å². The first-order chi connectivity index (χ1) is 17.4. The number of carbonyl (C=O) groups excluding carboxylic acids is 1. The third-order valence-corrected chi connectivity index (χ3v) is 6.50. The molecule has 9 heteroatoms. The van der Waals surface area contributed by atoms with Crippen molar-refractivity contribution >= 4 is 5.91 Å². The van der Waals surface area contributed by atoms with Gasteiger partial charge in [-0.1, -0.05) is 25.1 Å². The summed E-state index contributed by atoms with van der Waals surface area (Å²) < 4.78 is 11.9. The molecular formula is C27H33N5O4. The molecule has 0 radical (unpaired) electrons. The van der Waals surface area contributed by atoms with Gasteiger partial charge in [0, 0.05) is 60.8 Å². The summed E-state index contributed by atoms with van der Waals surface area (Å²) in [6.07, 6.45) is 6.58. The number of hydrogen-bond donors (Lipinski definition) is 1. The second-order valence-electron chi connectivity index (χ2n) is 9.34. The van der Waals surface area contributed by atoms with Crippen molar-refractivity contribution in [3.8, 4) is 22.8 Å². The summed E-state index contributed by atoms with van der Waals surface area (Å²) in [5, 5.41) is 9.90. The number of aliphatic hydroxyl groups is 1. The van der Waals surface area contributed by atoms with Crippen LogP contribution in [0.2, 0.25) is 0 Å². The number of rotatable bonds is 8. The largest absolute Gasteiger partial charge is 0.496 e. The first-order valence-electron chi connectivity index (χ1n) is 12.1. The SMILES string of the molecule is COc1ccccc1-c1cnc2c(c1)C(=O)N([C@H](C)CO)C[C@H](C)[C@H](CN(C)Cc1cncnc1)O2. The van der Waals surface area contributed by atoms with Crippen molar-refractivity contribution in [2.75, 3.05) is 33.9 Å². The van der Waals surface area contributed by atoms with E-state index in [4.69, 9.17) is 9.47 Å².